The van der Waals surface area contributed by atoms with E-state index in [1.54, 1.807) is 13.0 Å². The lowest BCUT2D eigenvalue weighted by molar-refractivity contribution is -0.131. The molecule has 0 bridgehead atoms. The van der Waals surface area contributed by atoms with Gasteiger partial charge in [0.05, 0.1) is 0 Å². The van der Waals surface area contributed by atoms with Gasteiger partial charge in [-0.2, -0.15) is 0 Å². The number of carbonyl (C=O) groups excluding carboxylic acids is 1. The molecule has 124 valence electrons. The fourth-order valence-corrected chi connectivity index (χ4v) is 2.65. The number of hydrogen-bond acceptors (Lipinski definition) is 2. The van der Waals surface area contributed by atoms with Crippen molar-refractivity contribution in [3.8, 4) is 0 Å². The number of Topliss-reactive ketones (excluding diaryl/α,β-unsaturated/α-hetero) is 1. The molecule has 0 aromatic rings. The molecule has 0 amide bonds. The van der Waals surface area contributed by atoms with Crippen molar-refractivity contribution in [2.75, 3.05) is 0 Å². The summed E-state index contributed by atoms with van der Waals surface area (Å²) in [6, 6.07) is 0. The molecule has 0 unspecified atom stereocenters. The van der Waals surface area contributed by atoms with Crippen molar-refractivity contribution in [2.45, 2.75) is 47.5 Å². The molecule has 0 atom stereocenters. The quantitative estimate of drug-likeness (QED) is 0.587. The maximum atomic E-state index is 12.1. The zero-order valence-corrected chi connectivity index (χ0v) is 14.6. The van der Waals surface area contributed by atoms with Gasteiger partial charge in [-0.3, -0.25) is 4.79 Å². The minimum absolute atomic E-state index is 0.290. The van der Waals surface area contributed by atoms with Gasteiger partial charge in [-0.15, -0.1) is 0 Å². The summed E-state index contributed by atoms with van der Waals surface area (Å²) in [6.45, 7) is 9.78. The predicted molar refractivity (Wildman–Crippen MR) is 94.2 cm³/mol. The van der Waals surface area contributed by atoms with Crippen molar-refractivity contribution in [3.05, 3.63) is 58.7 Å². The summed E-state index contributed by atoms with van der Waals surface area (Å²) < 4.78 is 0. The van der Waals surface area contributed by atoms with Crippen molar-refractivity contribution in [3.63, 3.8) is 0 Å². The van der Waals surface area contributed by atoms with Gasteiger partial charge >= 0.3 is 5.97 Å². The van der Waals surface area contributed by atoms with E-state index in [-0.39, 0.29) is 0 Å². The highest BCUT2D eigenvalue weighted by atomic mass is 16.4. The monoisotopic (exact) mass is 314 g/mol. The molecule has 3 heteroatoms. The van der Waals surface area contributed by atoms with Crippen LogP contribution in [0.5, 0.6) is 0 Å². The van der Waals surface area contributed by atoms with Crippen LogP contribution in [-0.4, -0.2) is 16.9 Å². The molecule has 1 aliphatic carbocycles. The number of ketones is 1. The van der Waals surface area contributed by atoms with Crippen LogP contribution in [0.15, 0.2) is 58.7 Å². The second kappa shape index (κ2) is 7.91. The van der Waals surface area contributed by atoms with Crippen LogP contribution in [0.2, 0.25) is 0 Å². The van der Waals surface area contributed by atoms with Gasteiger partial charge in [0.15, 0.2) is 0 Å². The van der Waals surface area contributed by atoms with Crippen LogP contribution in [-0.2, 0) is 9.59 Å². The highest BCUT2D eigenvalue weighted by Crippen LogP contribution is 2.38. The molecule has 1 N–H and O–H groups in total. The lowest BCUT2D eigenvalue weighted by atomic mass is 9.71. The maximum absolute atomic E-state index is 12.1. The third-order valence-electron chi connectivity index (χ3n) is 4.14. The highest BCUT2D eigenvalue weighted by Gasteiger charge is 2.34. The Morgan fingerprint density at radius 1 is 1.13 bits per heavy atom. The number of allylic oxidation sites excluding steroid dienone is 9. The second-order valence-electron chi connectivity index (χ2n) is 6.57. The number of hydrogen-bond donors (Lipinski definition) is 1. The van der Waals surface area contributed by atoms with E-state index in [0.29, 0.717) is 17.8 Å². The number of carbonyl (C=O) groups is 2. The van der Waals surface area contributed by atoms with Gasteiger partial charge in [-0.25, -0.2) is 4.79 Å². The lowest BCUT2D eigenvalue weighted by Gasteiger charge is -2.31. The first-order valence-corrected chi connectivity index (χ1v) is 7.82. The summed E-state index contributed by atoms with van der Waals surface area (Å²) in [7, 11) is 0. The lowest BCUT2D eigenvalue weighted by Crippen LogP contribution is -2.30. The number of rotatable bonds is 5. The molecule has 0 heterocycles. The molecule has 23 heavy (non-hydrogen) atoms. The van der Waals surface area contributed by atoms with Crippen LogP contribution in [0.1, 0.15) is 47.5 Å². The predicted octanol–water partition coefficient (Wildman–Crippen LogP) is 4.78. The highest BCUT2D eigenvalue weighted by molar-refractivity contribution is 5.89. The molecule has 0 aromatic heterocycles. The molecular weight excluding hydrogens is 288 g/mol. The maximum Gasteiger partial charge on any atom is 0.328 e. The Morgan fingerprint density at radius 3 is 2.39 bits per heavy atom. The van der Waals surface area contributed by atoms with Crippen LogP contribution >= 0.6 is 0 Å². The normalized spacial score (nSPS) is 20.0. The van der Waals surface area contributed by atoms with Crippen molar-refractivity contribution >= 4 is 11.8 Å². The second-order valence-corrected chi connectivity index (χ2v) is 6.57. The first kappa shape index (κ1) is 18.9. The Kier molecular flexibility index (Phi) is 6.49. The van der Waals surface area contributed by atoms with E-state index in [2.05, 4.69) is 6.92 Å². The molecule has 0 spiro atoms. The average molecular weight is 314 g/mol. The Hall–Kier alpha value is -2.16. The van der Waals surface area contributed by atoms with Crippen LogP contribution < -0.4 is 0 Å². The van der Waals surface area contributed by atoms with Gasteiger partial charge in [-0.1, -0.05) is 41.5 Å². The van der Waals surface area contributed by atoms with Crippen LogP contribution in [0.3, 0.4) is 0 Å². The first-order chi connectivity index (χ1) is 10.6. The Labute approximate surface area is 138 Å². The van der Waals surface area contributed by atoms with Gasteiger partial charge in [0.25, 0.3) is 0 Å². The van der Waals surface area contributed by atoms with E-state index in [0.717, 1.165) is 17.6 Å². The van der Waals surface area contributed by atoms with Crippen molar-refractivity contribution in [2.24, 2.45) is 5.41 Å². The fraction of sp³-hybridized carbons (Fsp3) is 0.400. The molecule has 0 fully saturated rings. The summed E-state index contributed by atoms with van der Waals surface area (Å²) in [5.74, 6) is -0.655. The van der Waals surface area contributed by atoms with Crippen LogP contribution in [0.4, 0.5) is 0 Å². The van der Waals surface area contributed by atoms with E-state index >= 15 is 0 Å². The molecule has 1 aliphatic rings. The van der Waals surface area contributed by atoms with Crippen molar-refractivity contribution in [1.82, 2.24) is 0 Å². The minimum Gasteiger partial charge on any atom is -0.478 e. The number of carboxylic acids is 1. The van der Waals surface area contributed by atoms with E-state index in [4.69, 9.17) is 5.11 Å². The number of carboxylic acid groups (broad SMARTS) is 1. The smallest absolute Gasteiger partial charge is 0.328 e. The molecule has 0 aromatic carbocycles. The minimum atomic E-state index is -0.945. The van der Waals surface area contributed by atoms with Gasteiger partial charge in [0.2, 0.25) is 0 Å². The Bertz CT molecular complexity index is 638. The standard InChI is InChI=1S/C20H26O3/c1-14(7-6-8-15(2)13-19(22)23)9-11-17-16(3)10-12-18(21)20(17,4)5/h6-9,11,13H,10,12H2,1-5H3,(H,22,23). The van der Waals surface area contributed by atoms with Gasteiger partial charge in [0.1, 0.15) is 5.78 Å². The van der Waals surface area contributed by atoms with Gasteiger partial charge in [0, 0.05) is 17.9 Å². The molecule has 0 aliphatic heterocycles. The fourth-order valence-electron chi connectivity index (χ4n) is 2.65. The van der Waals surface area contributed by atoms with Crippen LogP contribution in [0.25, 0.3) is 0 Å². The third-order valence-corrected chi connectivity index (χ3v) is 4.14. The van der Waals surface area contributed by atoms with E-state index in [1.165, 1.54) is 11.6 Å². The topological polar surface area (TPSA) is 54.4 Å². The molecule has 0 radical (unpaired) electrons. The van der Waals surface area contributed by atoms with Gasteiger partial charge in [-0.05, 0) is 52.2 Å². The summed E-state index contributed by atoms with van der Waals surface area (Å²) in [4.78, 5) is 22.6. The molecule has 0 saturated heterocycles. The largest absolute Gasteiger partial charge is 0.478 e. The Balaban J connectivity index is 2.88. The molecule has 3 nitrogen and oxygen atoms in total. The van der Waals surface area contributed by atoms with Crippen molar-refractivity contribution < 1.29 is 14.7 Å². The summed E-state index contributed by atoms with van der Waals surface area (Å²) in [5.41, 5.74) is 3.68. The summed E-state index contributed by atoms with van der Waals surface area (Å²) in [5, 5.41) is 8.65. The third kappa shape index (κ3) is 5.51. The summed E-state index contributed by atoms with van der Waals surface area (Å²) in [6.07, 6.45) is 12.2. The zero-order chi connectivity index (χ0) is 17.6. The zero-order valence-electron chi connectivity index (χ0n) is 14.6. The van der Waals surface area contributed by atoms with Gasteiger partial charge < -0.3 is 5.11 Å². The van der Waals surface area contributed by atoms with E-state index in [9.17, 15) is 9.59 Å². The SMILES string of the molecule is CC(C=CC1=C(C)CCC(=O)C1(C)C)=CC=CC(C)=CC(=O)O. The average Bonchev–Trinajstić information content (AvgIpc) is 2.42. The van der Waals surface area contributed by atoms with Crippen molar-refractivity contribution in [1.29, 1.82) is 0 Å². The van der Waals surface area contributed by atoms with E-state index < -0.39 is 11.4 Å². The summed E-state index contributed by atoms with van der Waals surface area (Å²) >= 11 is 0. The first-order valence-electron chi connectivity index (χ1n) is 7.82. The van der Waals surface area contributed by atoms with E-state index in [1.807, 2.05) is 45.1 Å². The molecule has 1 rings (SSSR count). The van der Waals surface area contributed by atoms with Crippen LogP contribution in [0, 0.1) is 5.41 Å². The number of aliphatic carboxylic acids is 1. The Morgan fingerprint density at radius 2 is 1.78 bits per heavy atom. The molecule has 0 saturated carbocycles. The molecular formula is C20H26O3.